The Hall–Kier alpha value is -3.93. The second kappa shape index (κ2) is 19.0. The molecule has 0 saturated carbocycles. The number of carbonyl (C=O) groups is 3. The average molecular weight is 906 g/mol. The van der Waals surface area contributed by atoms with E-state index >= 15 is 0 Å². The van der Waals surface area contributed by atoms with Crippen molar-refractivity contribution < 1.29 is 37.8 Å². The van der Waals surface area contributed by atoms with Gasteiger partial charge in [0.05, 0.1) is 12.2 Å². The van der Waals surface area contributed by atoms with E-state index in [-0.39, 0.29) is 19.0 Å². The SMILES string of the molecule is CC(C)(C)[Si](OC[C@@]1(NC(=O)c2ccccc2)C(=O)O[C@H]([C@H](/C=C/I)OCOCC[Si](C)(C)C)[C@@H]1OC(=O)c1ccccc1)(c1ccccc1)c1ccccc1. The first-order valence-electron chi connectivity index (χ1n) is 18.8. The molecule has 1 saturated heterocycles. The number of amides is 1. The lowest BCUT2D eigenvalue weighted by Gasteiger charge is -2.45. The van der Waals surface area contributed by atoms with Gasteiger partial charge in [-0.05, 0) is 55.9 Å². The monoisotopic (exact) mass is 905 g/mol. The lowest BCUT2D eigenvalue weighted by Crippen LogP contribution is -2.71. The molecule has 5 rings (SSSR count). The molecule has 0 spiro atoms. The van der Waals surface area contributed by atoms with E-state index in [1.165, 1.54) is 0 Å². The van der Waals surface area contributed by atoms with E-state index in [1.54, 1.807) is 70.8 Å². The molecule has 9 nitrogen and oxygen atoms in total. The Balaban J connectivity index is 1.65. The second-order valence-corrected chi connectivity index (χ2v) is 26.7. The van der Waals surface area contributed by atoms with Crippen LogP contribution in [0.25, 0.3) is 0 Å². The van der Waals surface area contributed by atoms with E-state index in [1.807, 2.05) is 60.7 Å². The molecule has 12 heteroatoms. The van der Waals surface area contributed by atoms with Gasteiger partial charge in [-0.3, -0.25) is 4.79 Å². The summed E-state index contributed by atoms with van der Waals surface area (Å²) in [6, 6.07) is 37.9. The fourth-order valence-corrected chi connectivity index (χ4v) is 12.7. The predicted molar refractivity (Wildman–Crippen MR) is 233 cm³/mol. The minimum atomic E-state index is -3.33. The molecule has 0 bridgehead atoms. The third-order valence-electron chi connectivity index (χ3n) is 9.87. The van der Waals surface area contributed by atoms with Gasteiger partial charge in [0.15, 0.2) is 12.2 Å². The predicted octanol–water partition coefficient (Wildman–Crippen LogP) is 7.53. The molecule has 0 radical (unpaired) electrons. The standard InChI is InChI=1S/C44H52INO8Si2/c1-43(2,3)56(35-23-15-9-16-24-35,36-25-17-10-18-26-36)52-31-44(46-40(47)33-19-11-7-12-20-33)39(54-41(48)34-21-13-8-14-22-34)38(53-42(44)49)37(27-28-45)51-32-50-29-30-55(4,5)6/h7-28,37-39H,29-32H2,1-6H3,(H,46,47)/b28-27+/t37-,38+,39-,44-/m0/s1. The molecule has 0 unspecified atom stereocenters. The molecule has 0 aromatic heterocycles. The van der Waals surface area contributed by atoms with Crippen LogP contribution < -0.4 is 15.7 Å². The van der Waals surface area contributed by atoms with Crippen molar-refractivity contribution in [2.24, 2.45) is 0 Å². The van der Waals surface area contributed by atoms with Crippen LogP contribution in [0.2, 0.25) is 30.7 Å². The zero-order chi connectivity index (χ0) is 40.4. The number of ether oxygens (including phenoxy) is 4. The minimum absolute atomic E-state index is 0.0918. The summed E-state index contributed by atoms with van der Waals surface area (Å²) < 4.78 is 33.9. The van der Waals surface area contributed by atoms with Crippen LogP contribution >= 0.6 is 22.6 Å². The van der Waals surface area contributed by atoms with Gasteiger partial charge in [0.25, 0.3) is 14.2 Å². The largest absolute Gasteiger partial charge is 0.453 e. The van der Waals surface area contributed by atoms with E-state index in [2.05, 4.69) is 68.3 Å². The molecule has 4 aromatic rings. The molecule has 4 atom stereocenters. The topological polar surface area (TPSA) is 109 Å². The number of rotatable bonds is 17. The molecule has 1 N–H and O–H groups in total. The highest BCUT2D eigenvalue weighted by molar-refractivity contribution is 14.1. The molecular formula is C44H52INO8Si2. The Labute approximate surface area is 346 Å². The van der Waals surface area contributed by atoms with Gasteiger partial charge in [-0.1, -0.05) is 160 Å². The van der Waals surface area contributed by atoms with Crippen LogP contribution in [0.5, 0.6) is 0 Å². The van der Waals surface area contributed by atoms with Gasteiger partial charge in [0.1, 0.15) is 12.9 Å². The van der Waals surface area contributed by atoms with Gasteiger partial charge in [0, 0.05) is 20.2 Å². The lowest BCUT2D eigenvalue weighted by atomic mass is 9.89. The zero-order valence-corrected chi connectivity index (χ0v) is 37.1. The highest BCUT2D eigenvalue weighted by Gasteiger charge is 2.65. The second-order valence-electron chi connectivity index (χ2n) is 16.1. The maximum Gasteiger partial charge on any atom is 0.338 e. The summed E-state index contributed by atoms with van der Waals surface area (Å²) in [6.45, 7) is 13.2. The fourth-order valence-electron chi connectivity index (χ4n) is 6.89. The van der Waals surface area contributed by atoms with Crippen molar-refractivity contribution in [3.8, 4) is 0 Å². The van der Waals surface area contributed by atoms with E-state index in [0.717, 1.165) is 16.4 Å². The number of hydrogen-bond acceptors (Lipinski definition) is 8. The Kier molecular flexibility index (Phi) is 14.7. The smallest absolute Gasteiger partial charge is 0.338 e. The third kappa shape index (κ3) is 10.1. The van der Waals surface area contributed by atoms with Gasteiger partial charge in [-0.25, -0.2) is 9.59 Å². The van der Waals surface area contributed by atoms with E-state index < -0.39 is 63.1 Å². The number of esters is 2. The number of benzene rings is 4. The van der Waals surface area contributed by atoms with Gasteiger partial charge in [0.2, 0.25) is 5.54 Å². The molecule has 0 aliphatic carbocycles. The van der Waals surface area contributed by atoms with Crippen molar-refractivity contribution >= 4 is 67.2 Å². The van der Waals surface area contributed by atoms with Crippen LogP contribution in [0.4, 0.5) is 0 Å². The normalized spacial score (nSPS) is 19.4. The summed E-state index contributed by atoms with van der Waals surface area (Å²) in [7, 11) is -4.70. The number of hydrogen-bond donors (Lipinski definition) is 1. The Morgan fingerprint density at radius 2 is 1.36 bits per heavy atom. The summed E-state index contributed by atoms with van der Waals surface area (Å²) in [5, 5.41) is 4.46. The zero-order valence-electron chi connectivity index (χ0n) is 32.9. The van der Waals surface area contributed by atoms with Crippen LogP contribution in [-0.4, -0.2) is 78.1 Å². The number of carbonyl (C=O) groups excluding carboxylic acids is 3. The number of halogens is 1. The summed E-state index contributed by atoms with van der Waals surface area (Å²) in [4.78, 5) is 43.2. The maximum atomic E-state index is 14.8. The first-order chi connectivity index (χ1) is 26.7. The molecule has 1 aliphatic heterocycles. The molecule has 56 heavy (non-hydrogen) atoms. The summed E-state index contributed by atoms with van der Waals surface area (Å²) in [5.41, 5.74) is -1.45. The van der Waals surface area contributed by atoms with E-state index in [0.29, 0.717) is 12.2 Å². The third-order valence-corrected chi connectivity index (χ3v) is 17.0. The molecule has 1 fully saturated rings. The van der Waals surface area contributed by atoms with Crippen LogP contribution in [0.1, 0.15) is 41.5 Å². The fraction of sp³-hybridized carbons (Fsp3) is 0.341. The highest BCUT2D eigenvalue weighted by atomic mass is 127. The van der Waals surface area contributed by atoms with Crippen LogP contribution in [-0.2, 0) is 28.2 Å². The molecule has 1 heterocycles. The molecule has 296 valence electrons. The summed E-state index contributed by atoms with van der Waals surface area (Å²) in [5.74, 6) is -2.08. The molecular weight excluding hydrogens is 854 g/mol. The van der Waals surface area contributed by atoms with E-state index in [4.69, 9.17) is 23.4 Å². The van der Waals surface area contributed by atoms with Gasteiger partial charge >= 0.3 is 11.9 Å². The van der Waals surface area contributed by atoms with Crippen molar-refractivity contribution in [3.05, 3.63) is 143 Å². The Morgan fingerprint density at radius 3 is 1.86 bits per heavy atom. The van der Waals surface area contributed by atoms with Crippen molar-refractivity contribution in [1.82, 2.24) is 5.32 Å². The van der Waals surface area contributed by atoms with Crippen molar-refractivity contribution in [1.29, 1.82) is 0 Å². The summed E-state index contributed by atoms with van der Waals surface area (Å²) >= 11 is 2.07. The van der Waals surface area contributed by atoms with Crippen LogP contribution in [0.15, 0.2) is 131 Å². The van der Waals surface area contributed by atoms with Crippen LogP contribution in [0.3, 0.4) is 0 Å². The first-order valence-corrected chi connectivity index (χ1v) is 25.6. The van der Waals surface area contributed by atoms with Gasteiger partial charge in [-0.15, -0.1) is 0 Å². The van der Waals surface area contributed by atoms with Crippen LogP contribution in [0, 0.1) is 0 Å². The Morgan fingerprint density at radius 1 is 0.839 bits per heavy atom. The summed E-state index contributed by atoms with van der Waals surface area (Å²) in [6.07, 6.45) is -1.80. The Bertz CT molecular complexity index is 1880. The van der Waals surface area contributed by atoms with E-state index in [9.17, 15) is 14.4 Å². The van der Waals surface area contributed by atoms with Gasteiger partial charge < -0.3 is 28.7 Å². The van der Waals surface area contributed by atoms with Crippen molar-refractivity contribution in [3.63, 3.8) is 0 Å². The first kappa shape index (κ1) is 43.2. The number of cyclic esters (lactones) is 1. The molecule has 4 aromatic carbocycles. The molecule has 1 amide bonds. The quantitative estimate of drug-likeness (QED) is 0.0381. The lowest BCUT2D eigenvalue weighted by molar-refractivity contribution is -0.155. The maximum absolute atomic E-state index is 14.8. The van der Waals surface area contributed by atoms with Crippen molar-refractivity contribution in [2.45, 2.75) is 75.3 Å². The average Bonchev–Trinajstić information content (AvgIpc) is 3.44. The van der Waals surface area contributed by atoms with Gasteiger partial charge in [-0.2, -0.15) is 0 Å². The minimum Gasteiger partial charge on any atom is -0.453 e. The van der Waals surface area contributed by atoms with Crippen molar-refractivity contribution in [2.75, 3.05) is 20.0 Å². The number of nitrogens with one attached hydrogen (secondary N) is 1. The highest BCUT2D eigenvalue weighted by Crippen LogP contribution is 2.40. The molecule has 1 aliphatic rings.